The summed E-state index contributed by atoms with van der Waals surface area (Å²) in [6.45, 7) is 3.78. The number of carbonyl (C=O) groups excluding carboxylic acids is 2. The Hall–Kier alpha value is -4.72. The van der Waals surface area contributed by atoms with Crippen LogP contribution in [0, 0.1) is 0 Å². The normalized spacial score (nSPS) is 11.1. The zero-order valence-corrected chi connectivity index (χ0v) is 19.7. The van der Waals surface area contributed by atoms with Crippen LogP contribution in [0.2, 0.25) is 0 Å². The average Bonchev–Trinajstić information content (AvgIpc) is 3.61. The molecule has 5 rings (SSSR count). The van der Waals surface area contributed by atoms with Crippen molar-refractivity contribution in [2.24, 2.45) is 0 Å². The van der Waals surface area contributed by atoms with Crippen molar-refractivity contribution < 1.29 is 23.2 Å². The molecular formula is C28H23N3O5. The average molecular weight is 482 g/mol. The quantitative estimate of drug-likeness (QED) is 0.281. The Bertz CT molecular complexity index is 1510. The van der Waals surface area contributed by atoms with Crippen LogP contribution >= 0.6 is 0 Å². The van der Waals surface area contributed by atoms with Crippen LogP contribution in [0.25, 0.3) is 33.9 Å². The fourth-order valence-corrected chi connectivity index (χ4v) is 3.71. The van der Waals surface area contributed by atoms with Crippen molar-refractivity contribution in [3.63, 3.8) is 0 Å². The van der Waals surface area contributed by atoms with Gasteiger partial charge in [-0.15, -0.1) is 0 Å². The highest BCUT2D eigenvalue weighted by atomic mass is 16.5. The second-order valence-electron chi connectivity index (χ2n) is 8.48. The molecule has 2 aromatic carbocycles. The van der Waals surface area contributed by atoms with E-state index >= 15 is 0 Å². The minimum atomic E-state index is -0.640. The molecule has 1 N–H and O–H groups in total. The molecule has 3 heterocycles. The fourth-order valence-electron chi connectivity index (χ4n) is 3.71. The van der Waals surface area contributed by atoms with Gasteiger partial charge in [0.2, 0.25) is 0 Å². The van der Waals surface area contributed by atoms with E-state index in [-0.39, 0.29) is 5.56 Å². The maximum Gasteiger partial charge on any atom is 0.338 e. The maximum atomic E-state index is 12.6. The molecule has 0 fully saturated rings. The third-order valence-electron chi connectivity index (χ3n) is 5.60. The van der Waals surface area contributed by atoms with E-state index in [1.165, 1.54) is 5.56 Å². The van der Waals surface area contributed by atoms with Crippen molar-refractivity contribution in [2.75, 3.05) is 11.9 Å². The summed E-state index contributed by atoms with van der Waals surface area (Å²) in [5.41, 5.74) is 4.11. The number of esters is 1. The van der Waals surface area contributed by atoms with Crippen LogP contribution in [-0.4, -0.2) is 28.5 Å². The number of fused-ring (bicyclic) bond motifs is 1. The number of anilines is 1. The number of rotatable bonds is 7. The van der Waals surface area contributed by atoms with Gasteiger partial charge in [0.1, 0.15) is 11.4 Å². The number of carbonyl (C=O) groups is 2. The molecule has 1 amide bonds. The van der Waals surface area contributed by atoms with Crippen molar-refractivity contribution in [1.29, 1.82) is 0 Å². The number of nitrogens with zero attached hydrogens (tertiary/aromatic N) is 2. The van der Waals surface area contributed by atoms with Gasteiger partial charge in [0.05, 0.1) is 29.1 Å². The molecule has 0 radical (unpaired) electrons. The largest absolute Gasteiger partial charge is 0.463 e. The van der Waals surface area contributed by atoms with Crippen LogP contribution in [0.15, 0.2) is 88.1 Å². The minimum Gasteiger partial charge on any atom is -0.463 e. The van der Waals surface area contributed by atoms with Crippen molar-refractivity contribution >= 4 is 28.6 Å². The molecule has 0 spiro atoms. The molecule has 8 heteroatoms. The molecule has 0 aliphatic heterocycles. The van der Waals surface area contributed by atoms with Crippen LogP contribution in [-0.2, 0) is 9.53 Å². The van der Waals surface area contributed by atoms with Crippen LogP contribution in [0.4, 0.5) is 5.69 Å². The monoisotopic (exact) mass is 481 g/mol. The molecular weight excluding hydrogens is 458 g/mol. The molecule has 5 aromatic rings. The zero-order valence-electron chi connectivity index (χ0n) is 19.7. The second-order valence-corrected chi connectivity index (χ2v) is 8.48. The first-order valence-electron chi connectivity index (χ1n) is 11.4. The van der Waals surface area contributed by atoms with E-state index in [1.54, 1.807) is 55.0 Å². The summed E-state index contributed by atoms with van der Waals surface area (Å²) in [4.78, 5) is 34.3. The van der Waals surface area contributed by atoms with Gasteiger partial charge in [-0.25, -0.2) is 14.8 Å². The van der Waals surface area contributed by atoms with Gasteiger partial charge in [-0.2, -0.15) is 0 Å². The highest BCUT2D eigenvalue weighted by Gasteiger charge is 2.19. The summed E-state index contributed by atoms with van der Waals surface area (Å²) in [5.74, 6) is 0.392. The van der Waals surface area contributed by atoms with E-state index in [0.29, 0.717) is 45.5 Å². The predicted molar refractivity (Wildman–Crippen MR) is 134 cm³/mol. The first-order valence-corrected chi connectivity index (χ1v) is 11.4. The molecule has 0 aliphatic rings. The van der Waals surface area contributed by atoms with Gasteiger partial charge < -0.3 is 18.9 Å². The van der Waals surface area contributed by atoms with E-state index < -0.39 is 18.5 Å². The van der Waals surface area contributed by atoms with Crippen LogP contribution in [0.1, 0.15) is 35.7 Å². The molecule has 0 atom stereocenters. The third kappa shape index (κ3) is 4.88. The number of benzene rings is 2. The lowest BCUT2D eigenvalue weighted by molar-refractivity contribution is -0.119. The molecule has 0 saturated heterocycles. The number of ether oxygens (including phenoxy) is 1. The molecule has 0 unspecified atom stereocenters. The predicted octanol–water partition coefficient (Wildman–Crippen LogP) is 6.07. The Kier molecular flexibility index (Phi) is 6.32. The summed E-state index contributed by atoms with van der Waals surface area (Å²) in [6.07, 6.45) is 3.10. The molecule has 36 heavy (non-hydrogen) atoms. The molecule has 0 saturated carbocycles. The minimum absolute atomic E-state index is 0.252. The van der Waals surface area contributed by atoms with E-state index in [9.17, 15) is 9.59 Å². The van der Waals surface area contributed by atoms with Crippen molar-refractivity contribution in [1.82, 2.24) is 9.97 Å². The smallest absolute Gasteiger partial charge is 0.338 e. The lowest BCUT2D eigenvalue weighted by atomic mass is 10.0. The van der Waals surface area contributed by atoms with Crippen molar-refractivity contribution in [3.05, 3.63) is 90.4 Å². The van der Waals surface area contributed by atoms with E-state index in [1.807, 2.05) is 24.3 Å². The first-order chi connectivity index (χ1) is 17.5. The lowest BCUT2D eigenvalue weighted by Gasteiger charge is -2.10. The Labute approximate surface area is 206 Å². The lowest BCUT2D eigenvalue weighted by Crippen LogP contribution is -2.21. The maximum absolute atomic E-state index is 12.6. The first kappa shape index (κ1) is 23.0. The number of hydrogen-bond acceptors (Lipinski definition) is 7. The summed E-state index contributed by atoms with van der Waals surface area (Å²) in [5, 5.41) is 2.73. The number of aromatic nitrogens is 2. The van der Waals surface area contributed by atoms with Gasteiger partial charge in [0, 0.05) is 5.69 Å². The standard InChI is InChI=1S/C28H23N3O5/c1-17(2)18-7-10-20(11-8-18)29-25(32)16-36-28(33)19-9-12-21-22(15-19)31-27(24-6-4-14-35-24)26(30-21)23-5-3-13-34-23/h3-15,17H,16H2,1-2H3,(H,29,32). The highest BCUT2D eigenvalue weighted by molar-refractivity contribution is 5.97. The number of furan rings is 2. The molecule has 0 bridgehead atoms. The van der Waals surface area contributed by atoms with Gasteiger partial charge in [-0.05, 0) is 66.1 Å². The van der Waals surface area contributed by atoms with Gasteiger partial charge in [-0.3, -0.25) is 4.79 Å². The molecule has 180 valence electrons. The van der Waals surface area contributed by atoms with E-state index in [4.69, 9.17) is 13.6 Å². The summed E-state index contributed by atoms with van der Waals surface area (Å²) < 4.78 is 16.3. The highest BCUT2D eigenvalue weighted by Crippen LogP contribution is 2.31. The Morgan fingerprint density at radius 1 is 0.861 bits per heavy atom. The van der Waals surface area contributed by atoms with Gasteiger partial charge in [0.25, 0.3) is 5.91 Å². The SMILES string of the molecule is CC(C)c1ccc(NC(=O)COC(=O)c2ccc3nc(-c4ccco4)c(-c4ccco4)nc3c2)cc1. The van der Waals surface area contributed by atoms with E-state index in [0.717, 1.165) is 0 Å². The molecule has 3 aromatic heterocycles. The number of hydrogen-bond donors (Lipinski definition) is 1. The summed E-state index contributed by atoms with van der Waals surface area (Å²) >= 11 is 0. The zero-order chi connectivity index (χ0) is 25.1. The Balaban J connectivity index is 1.32. The van der Waals surface area contributed by atoms with Crippen LogP contribution in [0.5, 0.6) is 0 Å². The van der Waals surface area contributed by atoms with Crippen molar-refractivity contribution in [3.8, 4) is 22.9 Å². The third-order valence-corrected chi connectivity index (χ3v) is 5.60. The molecule has 8 nitrogen and oxygen atoms in total. The second kappa shape index (κ2) is 9.87. The molecule has 0 aliphatic carbocycles. The van der Waals surface area contributed by atoms with Crippen LogP contribution < -0.4 is 5.32 Å². The summed E-state index contributed by atoms with van der Waals surface area (Å²) in [7, 11) is 0. The Morgan fingerprint density at radius 3 is 2.08 bits per heavy atom. The Morgan fingerprint density at radius 2 is 1.50 bits per heavy atom. The number of nitrogens with one attached hydrogen (secondary N) is 1. The topological polar surface area (TPSA) is 107 Å². The fraction of sp³-hybridized carbons (Fsp3) is 0.143. The number of amides is 1. The van der Waals surface area contributed by atoms with E-state index in [2.05, 4.69) is 29.1 Å². The summed E-state index contributed by atoms with van der Waals surface area (Å²) in [6, 6.07) is 19.5. The van der Waals surface area contributed by atoms with Crippen molar-refractivity contribution in [2.45, 2.75) is 19.8 Å². The van der Waals surface area contributed by atoms with Gasteiger partial charge >= 0.3 is 5.97 Å². The van der Waals surface area contributed by atoms with Gasteiger partial charge in [0.15, 0.2) is 18.1 Å². The van der Waals surface area contributed by atoms with Crippen LogP contribution in [0.3, 0.4) is 0 Å². The van der Waals surface area contributed by atoms with Gasteiger partial charge in [-0.1, -0.05) is 26.0 Å².